The molecule has 1 atom stereocenters. The lowest BCUT2D eigenvalue weighted by molar-refractivity contribution is -0.0174. The summed E-state index contributed by atoms with van der Waals surface area (Å²) in [5.41, 5.74) is 1.38. The van der Waals surface area contributed by atoms with Gasteiger partial charge in [0, 0.05) is 32.4 Å². The molecule has 2 heterocycles. The molecule has 1 aromatic heterocycles. The molecule has 2 rings (SSSR count). The maximum Gasteiger partial charge on any atom is 0.253 e. The van der Waals surface area contributed by atoms with E-state index in [1.807, 2.05) is 6.92 Å². The van der Waals surface area contributed by atoms with Crippen LogP contribution in [0.2, 0.25) is 0 Å². The number of nitrogens with one attached hydrogen (secondary N) is 2. The van der Waals surface area contributed by atoms with E-state index in [1.165, 1.54) is 0 Å². The average molecular weight is 278 g/mol. The quantitative estimate of drug-likeness (QED) is 0.824. The molecule has 1 aliphatic rings. The van der Waals surface area contributed by atoms with E-state index in [0.717, 1.165) is 31.9 Å². The Morgan fingerprint density at radius 2 is 2.45 bits per heavy atom. The minimum atomic E-state index is -0.0971. The molecule has 0 spiro atoms. The van der Waals surface area contributed by atoms with Crippen LogP contribution in [0.25, 0.3) is 0 Å². The first-order chi connectivity index (χ1) is 9.70. The van der Waals surface area contributed by atoms with Gasteiger partial charge in [0.2, 0.25) is 0 Å². The molecule has 0 aliphatic carbocycles. The number of hydrogen-bond acceptors (Lipinski definition) is 5. The maximum atomic E-state index is 12.2. The van der Waals surface area contributed by atoms with Crippen LogP contribution in [0.4, 0.5) is 5.69 Å². The van der Waals surface area contributed by atoms with Gasteiger partial charge in [0.05, 0.1) is 30.2 Å². The van der Waals surface area contributed by atoms with Crippen molar-refractivity contribution in [1.29, 1.82) is 0 Å². The fraction of sp³-hybridized carbons (Fsp3) is 0.571. The van der Waals surface area contributed by atoms with Gasteiger partial charge >= 0.3 is 0 Å². The Labute approximate surface area is 119 Å². The molecule has 1 saturated heterocycles. The van der Waals surface area contributed by atoms with Crippen LogP contribution in [-0.4, -0.2) is 61.7 Å². The van der Waals surface area contributed by atoms with Crippen molar-refractivity contribution in [2.45, 2.75) is 13.0 Å². The Bertz CT molecular complexity index is 453. The van der Waals surface area contributed by atoms with Crippen LogP contribution >= 0.6 is 0 Å². The number of aromatic nitrogens is 1. The van der Waals surface area contributed by atoms with E-state index in [4.69, 9.17) is 4.74 Å². The molecule has 0 radical (unpaired) electrons. The molecule has 20 heavy (non-hydrogen) atoms. The van der Waals surface area contributed by atoms with Crippen molar-refractivity contribution >= 4 is 11.6 Å². The third-order valence-electron chi connectivity index (χ3n) is 3.27. The summed E-state index contributed by atoms with van der Waals surface area (Å²) < 4.78 is 5.63. The summed E-state index contributed by atoms with van der Waals surface area (Å²) >= 11 is 0. The van der Waals surface area contributed by atoms with Gasteiger partial charge in [0.25, 0.3) is 5.91 Å². The normalized spacial score (nSPS) is 19.6. The largest absolute Gasteiger partial charge is 0.383 e. The van der Waals surface area contributed by atoms with Gasteiger partial charge in [-0.2, -0.15) is 0 Å². The summed E-state index contributed by atoms with van der Waals surface area (Å²) in [6.45, 7) is 5.77. The molecule has 1 fully saturated rings. The highest BCUT2D eigenvalue weighted by Gasteiger charge is 2.19. The number of carbonyl (C=O) groups excluding carboxylic acids is 1. The number of amides is 1. The van der Waals surface area contributed by atoms with Crippen molar-refractivity contribution in [1.82, 2.24) is 15.2 Å². The first-order valence-corrected chi connectivity index (χ1v) is 6.97. The van der Waals surface area contributed by atoms with Crippen LogP contribution in [0, 0.1) is 0 Å². The standard InChI is InChI=1S/C14H22N4O2/c1-3-16-13-9-15-5-4-12(13)14(19)17-8-11-10-18(2)6-7-20-11/h4-5,9,11,16H,3,6-8,10H2,1-2H3,(H,17,19). The number of morpholine rings is 1. The molecule has 6 heteroatoms. The average Bonchev–Trinajstić information content (AvgIpc) is 2.46. The van der Waals surface area contributed by atoms with Crippen LogP contribution in [-0.2, 0) is 4.74 Å². The first kappa shape index (κ1) is 14.7. The van der Waals surface area contributed by atoms with Crippen LogP contribution in [0.5, 0.6) is 0 Å². The van der Waals surface area contributed by atoms with Crippen molar-refractivity contribution < 1.29 is 9.53 Å². The third-order valence-corrected chi connectivity index (χ3v) is 3.27. The number of ether oxygens (including phenoxy) is 1. The topological polar surface area (TPSA) is 66.5 Å². The van der Waals surface area contributed by atoms with Gasteiger partial charge in [-0.3, -0.25) is 9.78 Å². The molecule has 1 unspecified atom stereocenters. The highest BCUT2D eigenvalue weighted by molar-refractivity contribution is 5.99. The molecule has 0 bridgehead atoms. The minimum absolute atomic E-state index is 0.0575. The molecule has 110 valence electrons. The number of anilines is 1. The van der Waals surface area contributed by atoms with Gasteiger partial charge in [0.15, 0.2) is 0 Å². The zero-order chi connectivity index (χ0) is 14.4. The second kappa shape index (κ2) is 7.21. The molecular weight excluding hydrogens is 256 g/mol. The Morgan fingerprint density at radius 1 is 1.60 bits per heavy atom. The van der Waals surface area contributed by atoms with Gasteiger partial charge in [-0.15, -0.1) is 0 Å². The van der Waals surface area contributed by atoms with E-state index in [9.17, 15) is 4.79 Å². The predicted octanol–water partition coefficient (Wildman–Crippen LogP) is 0.574. The summed E-state index contributed by atoms with van der Waals surface area (Å²) in [6.07, 6.45) is 3.35. The highest BCUT2D eigenvalue weighted by Crippen LogP contribution is 2.13. The zero-order valence-electron chi connectivity index (χ0n) is 12.1. The summed E-state index contributed by atoms with van der Waals surface area (Å²) in [7, 11) is 2.06. The van der Waals surface area contributed by atoms with Gasteiger partial charge in [-0.1, -0.05) is 0 Å². The van der Waals surface area contributed by atoms with Crippen LogP contribution in [0.3, 0.4) is 0 Å². The second-order valence-corrected chi connectivity index (χ2v) is 4.92. The molecule has 0 aromatic carbocycles. The molecular formula is C14H22N4O2. The van der Waals surface area contributed by atoms with E-state index < -0.39 is 0 Å². The van der Waals surface area contributed by atoms with Crippen molar-refractivity contribution in [3.63, 3.8) is 0 Å². The summed E-state index contributed by atoms with van der Waals surface area (Å²) in [6, 6.07) is 1.72. The molecule has 1 amide bonds. The van der Waals surface area contributed by atoms with Crippen molar-refractivity contribution in [3.8, 4) is 0 Å². The third kappa shape index (κ3) is 3.91. The molecule has 2 N–H and O–H groups in total. The van der Waals surface area contributed by atoms with E-state index >= 15 is 0 Å². The van der Waals surface area contributed by atoms with Gasteiger partial charge in [-0.25, -0.2) is 0 Å². The van der Waals surface area contributed by atoms with Crippen molar-refractivity contribution in [2.24, 2.45) is 0 Å². The number of hydrogen-bond donors (Lipinski definition) is 2. The van der Waals surface area contributed by atoms with Crippen LogP contribution in [0.1, 0.15) is 17.3 Å². The predicted molar refractivity (Wildman–Crippen MR) is 78.0 cm³/mol. The Balaban J connectivity index is 1.91. The van der Waals surface area contributed by atoms with E-state index in [0.29, 0.717) is 12.1 Å². The maximum absolute atomic E-state index is 12.2. The number of likely N-dealkylation sites (N-methyl/N-ethyl adjacent to an activating group) is 1. The lowest BCUT2D eigenvalue weighted by Gasteiger charge is -2.30. The van der Waals surface area contributed by atoms with E-state index in [1.54, 1.807) is 18.5 Å². The fourth-order valence-corrected chi connectivity index (χ4v) is 2.22. The Morgan fingerprint density at radius 3 is 3.20 bits per heavy atom. The monoisotopic (exact) mass is 278 g/mol. The van der Waals surface area contributed by atoms with E-state index in [-0.39, 0.29) is 12.0 Å². The molecule has 1 aliphatic heterocycles. The summed E-state index contributed by atoms with van der Waals surface area (Å²) in [5, 5.41) is 6.07. The van der Waals surface area contributed by atoms with Crippen molar-refractivity contribution in [2.75, 3.05) is 45.2 Å². The lowest BCUT2D eigenvalue weighted by Crippen LogP contribution is -2.46. The lowest BCUT2D eigenvalue weighted by atomic mass is 10.2. The SMILES string of the molecule is CCNc1cnccc1C(=O)NCC1CN(C)CCO1. The van der Waals surface area contributed by atoms with Crippen LogP contribution in [0.15, 0.2) is 18.5 Å². The fourth-order valence-electron chi connectivity index (χ4n) is 2.22. The number of pyridine rings is 1. The number of nitrogens with zero attached hydrogens (tertiary/aromatic N) is 2. The van der Waals surface area contributed by atoms with Crippen LogP contribution < -0.4 is 10.6 Å². The second-order valence-electron chi connectivity index (χ2n) is 4.92. The number of carbonyl (C=O) groups is 1. The van der Waals surface area contributed by atoms with Gasteiger partial charge in [0.1, 0.15) is 0 Å². The van der Waals surface area contributed by atoms with E-state index in [2.05, 4.69) is 27.6 Å². The minimum Gasteiger partial charge on any atom is -0.383 e. The summed E-state index contributed by atoms with van der Waals surface area (Å²) in [4.78, 5) is 18.5. The van der Waals surface area contributed by atoms with Gasteiger partial charge < -0.3 is 20.3 Å². The smallest absolute Gasteiger partial charge is 0.253 e. The zero-order valence-corrected chi connectivity index (χ0v) is 12.1. The first-order valence-electron chi connectivity index (χ1n) is 6.97. The molecule has 6 nitrogen and oxygen atoms in total. The Kier molecular flexibility index (Phi) is 5.31. The number of rotatable bonds is 5. The van der Waals surface area contributed by atoms with Gasteiger partial charge in [-0.05, 0) is 20.0 Å². The summed E-state index contributed by atoms with van der Waals surface area (Å²) in [5.74, 6) is -0.0971. The molecule has 1 aromatic rings. The Hall–Kier alpha value is -1.66. The molecule has 0 saturated carbocycles. The highest BCUT2D eigenvalue weighted by atomic mass is 16.5. The van der Waals surface area contributed by atoms with Crippen molar-refractivity contribution in [3.05, 3.63) is 24.0 Å².